The summed E-state index contributed by atoms with van der Waals surface area (Å²) in [6.07, 6.45) is 2.25. The van der Waals surface area contributed by atoms with Gasteiger partial charge in [-0.15, -0.1) is 0 Å². The zero-order chi connectivity index (χ0) is 13.5. The van der Waals surface area contributed by atoms with Crippen LogP contribution >= 0.6 is 0 Å². The zero-order valence-corrected chi connectivity index (χ0v) is 12.7. The second-order valence-corrected chi connectivity index (χ2v) is 6.36. The van der Waals surface area contributed by atoms with Crippen LogP contribution in [0.4, 0.5) is 0 Å². The molecule has 0 aliphatic heterocycles. The Hall–Kier alpha value is -0.120. The highest BCUT2D eigenvalue weighted by Gasteiger charge is 2.22. The highest BCUT2D eigenvalue weighted by atomic mass is 16.5. The molecule has 2 N–H and O–H groups in total. The predicted octanol–water partition coefficient (Wildman–Crippen LogP) is 2.50. The third-order valence-corrected chi connectivity index (χ3v) is 3.33. The fourth-order valence-electron chi connectivity index (χ4n) is 1.79. The van der Waals surface area contributed by atoms with Crippen LogP contribution in [0.1, 0.15) is 47.5 Å². The standard InChI is InChI=1S/C14H32N2O/c1-7-9-16(12-13(2,3)11-15)10-8-14(4,5)17-6/h7-12,15H2,1-6H3. The molecule has 0 aliphatic rings. The van der Waals surface area contributed by atoms with Crippen LogP contribution < -0.4 is 5.73 Å². The lowest BCUT2D eigenvalue weighted by Crippen LogP contribution is -2.41. The van der Waals surface area contributed by atoms with Gasteiger partial charge in [0.05, 0.1) is 5.60 Å². The first-order chi connectivity index (χ1) is 7.76. The van der Waals surface area contributed by atoms with Crippen molar-refractivity contribution in [2.45, 2.75) is 53.1 Å². The van der Waals surface area contributed by atoms with Gasteiger partial charge in [0.15, 0.2) is 0 Å². The Morgan fingerprint density at radius 1 is 1.12 bits per heavy atom. The van der Waals surface area contributed by atoms with Crippen LogP contribution in [0.2, 0.25) is 0 Å². The monoisotopic (exact) mass is 244 g/mol. The van der Waals surface area contributed by atoms with Gasteiger partial charge in [0.25, 0.3) is 0 Å². The van der Waals surface area contributed by atoms with Crippen molar-refractivity contribution < 1.29 is 4.74 Å². The first kappa shape index (κ1) is 16.9. The maximum atomic E-state index is 5.81. The van der Waals surface area contributed by atoms with Crippen molar-refractivity contribution in [1.82, 2.24) is 4.90 Å². The summed E-state index contributed by atoms with van der Waals surface area (Å²) < 4.78 is 5.47. The fourth-order valence-corrected chi connectivity index (χ4v) is 1.79. The zero-order valence-electron chi connectivity index (χ0n) is 12.7. The van der Waals surface area contributed by atoms with Crippen LogP contribution in [-0.2, 0) is 4.74 Å². The summed E-state index contributed by atoms with van der Waals surface area (Å²) in [6.45, 7) is 15.0. The normalized spacial score (nSPS) is 13.4. The third kappa shape index (κ3) is 7.74. The number of hydrogen-bond donors (Lipinski definition) is 1. The smallest absolute Gasteiger partial charge is 0.0634 e. The molecule has 0 saturated heterocycles. The van der Waals surface area contributed by atoms with E-state index in [1.165, 1.54) is 6.42 Å². The number of nitrogens with two attached hydrogens (primary N) is 1. The molecule has 0 saturated carbocycles. The lowest BCUT2D eigenvalue weighted by molar-refractivity contribution is 0.00488. The molecule has 0 aliphatic carbocycles. The van der Waals surface area contributed by atoms with Crippen molar-refractivity contribution in [3.63, 3.8) is 0 Å². The van der Waals surface area contributed by atoms with Gasteiger partial charge in [-0.05, 0) is 45.2 Å². The number of methoxy groups -OCH3 is 1. The van der Waals surface area contributed by atoms with Gasteiger partial charge in [-0.25, -0.2) is 0 Å². The summed E-state index contributed by atoms with van der Waals surface area (Å²) in [5, 5.41) is 0. The van der Waals surface area contributed by atoms with Crippen molar-refractivity contribution in [3.05, 3.63) is 0 Å². The van der Waals surface area contributed by atoms with Gasteiger partial charge in [-0.1, -0.05) is 20.8 Å². The number of rotatable bonds is 9. The predicted molar refractivity (Wildman–Crippen MR) is 75.3 cm³/mol. The SMILES string of the molecule is CCCN(CCC(C)(C)OC)CC(C)(C)CN. The van der Waals surface area contributed by atoms with Crippen LogP contribution in [0.3, 0.4) is 0 Å². The van der Waals surface area contributed by atoms with E-state index in [0.717, 1.165) is 32.6 Å². The minimum Gasteiger partial charge on any atom is -0.379 e. The van der Waals surface area contributed by atoms with Crippen molar-refractivity contribution in [1.29, 1.82) is 0 Å². The summed E-state index contributed by atoms with van der Waals surface area (Å²) in [6, 6.07) is 0. The first-order valence-electron chi connectivity index (χ1n) is 6.74. The largest absolute Gasteiger partial charge is 0.379 e. The molecule has 104 valence electrons. The molecule has 3 heteroatoms. The molecule has 0 radical (unpaired) electrons. The fraction of sp³-hybridized carbons (Fsp3) is 1.00. The summed E-state index contributed by atoms with van der Waals surface area (Å²) >= 11 is 0. The molecular weight excluding hydrogens is 212 g/mol. The molecule has 0 fully saturated rings. The Balaban J connectivity index is 4.25. The Kier molecular flexibility index (Phi) is 7.29. The molecule has 3 nitrogen and oxygen atoms in total. The van der Waals surface area contributed by atoms with E-state index in [-0.39, 0.29) is 11.0 Å². The van der Waals surface area contributed by atoms with E-state index in [0.29, 0.717) is 0 Å². The van der Waals surface area contributed by atoms with E-state index in [1.807, 2.05) is 0 Å². The van der Waals surface area contributed by atoms with Gasteiger partial charge in [-0.2, -0.15) is 0 Å². The van der Waals surface area contributed by atoms with E-state index in [9.17, 15) is 0 Å². The molecule has 0 bridgehead atoms. The Labute approximate surface area is 108 Å². The molecule has 0 atom stereocenters. The summed E-state index contributed by atoms with van der Waals surface area (Å²) in [5.74, 6) is 0. The Bertz CT molecular complexity index is 202. The van der Waals surface area contributed by atoms with Crippen molar-refractivity contribution in [3.8, 4) is 0 Å². The van der Waals surface area contributed by atoms with E-state index >= 15 is 0 Å². The average molecular weight is 244 g/mol. The van der Waals surface area contributed by atoms with E-state index in [2.05, 4.69) is 39.5 Å². The molecule has 17 heavy (non-hydrogen) atoms. The highest BCUT2D eigenvalue weighted by Crippen LogP contribution is 2.18. The van der Waals surface area contributed by atoms with Gasteiger partial charge in [0, 0.05) is 20.2 Å². The van der Waals surface area contributed by atoms with Crippen molar-refractivity contribution >= 4 is 0 Å². The van der Waals surface area contributed by atoms with Crippen molar-refractivity contribution in [2.24, 2.45) is 11.1 Å². The Morgan fingerprint density at radius 3 is 2.12 bits per heavy atom. The topological polar surface area (TPSA) is 38.5 Å². The van der Waals surface area contributed by atoms with Crippen LogP contribution in [0.25, 0.3) is 0 Å². The van der Waals surface area contributed by atoms with Gasteiger partial charge < -0.3 is 15.4 Å². The first-order valence-corrected chi connectivity index (χ1v) is 6.74. The average Bonchev–Trinajstić information content (AvgIpc) is 2.26. The highest BCUT2D eigenvalue weighted by molar-refractivity contribution is 4.77. The second kappa shape index (κ2) is 7.34. The summed E-state index contributed by atoms with van der Waals surface area (Å²) in [5.41, 5.74) is 5.98. The summed E-state index contributed by atoms with van der Waals surface area (Å²) in [7, 11) is 1.79. The lowest BCUT2D eigenvalue weighted by atomic mass is 9.92. The molecule has 0 heterocycles. The molecule has 0 amide bonds. The molecule has 0 aromatic heterocycles. The van der Waals surface area contributed by atoms with Gasteiger partial charge in [0.2, 0.25) is 0 Å². The minimum atomic E-state index is -0.0289. The molecule has 0 rings (SSSR count). The maximum absolute atomic E-state index is 5.81. The van der Waals surface area contributed by atoms with E-state index in [4.69, 9.17) is 10.5 Å². The Morgan fingerprint density at radius 2 is 1.71 bits per heavy atom. The van der Waals surface area contributed by atoms with Gasteiger partial charge >= 0.3 is 0 Å². The molecule has 0 spiro atoms. The molecule has 0 aromatic rings. The number of hydrogen-bond acceptors (Lipinski definition) is 3. The molecule has 0 aromatic carbocycles. The van der Waals surface area contributed by atoms with E-state index < -0.39 is 0 Å². The van der Waals surface area contributed by atoms with Gasteiger partial charge in [0.1, 0.15) is 0 Å². The van der Waals surface area contributed by atoms with Crippen LogP contribution in [0.5, 0.6) is 0 Å². The van der Waals surface area contributed by atoms with Gasteiger partial charge in [-0.3, -0.25) is 0 Å². The van der Waals surface area contributed by atoms with Crippen molar-refractivity contribution in [2.75, 3.05) is 33.3 Å². The van der Waals surface area contributed by atoms with E-state index in [1.54, 1.807) is 7.11 Å². The molecule has 0 unspecified atom stereocenters. The number of nitrogens with zero attached hydrogens (tertiary/aromatic N) is 1. The number of ether oxygens (including phenoxy) is 1. The van der Waals surface area contributed by atoms with Crippen LogP contribution in [0.15, 0.2) is 0 Å². The second-order valence-electron chi connectivity index (χ2n) is 6.36. The third-order valence-electron chi connectivity index (χ3n) is 3.33. The maximum Gasteiger partial charge on any atom is 0.0634 e. The van der Waals surface area contributed by atoms with Crippen LogP contribution in [0, 0.1) is 5.41 Å². The molecular formula is C14H32N2O. The lowest BCUT2D eigenvalue weighted by Gasteiger charge is -2.34. The quantitative estimate of drug-likeness (QED) is 0.677. The van der Waals surface area contributed by atoms with Crippen LogP contribution in [-0.4, -0.2) is 43.8 Å². The summed E-state index contributed by atoms with van der Waals surface area (Å²) in [4.78, 5) is 2.51. The minimum absolute atomic E-state index is 0.0289.